The summed E-state index contributed by atoms with van der Waals surface area (Å²) in [5.41, 5.74) is 1.27. The van der Waals surface area contributed by atoms with Crippen LogP contribution in [0, 0.1) is 0 Å². The van der Waals surface area contributed by atoms with Gasteiger partial charge in [-0.15, -0.1) is 0 Å². The fourth-order valence-electron chi connectivity index (χ4n) is 3.18. The fourth-order valence-corrected chi connectivity index (χ4v) is 3.30. The zero-order chi connectivity index (χ0) is 12.4. The van der Waals surface area contributed by atoms with Gasteiger partial charge in [0, 0.05) is 25.3 Å². The molecule has 0 aliphatic carbocycles. The van der Waals surface area contributed by atoms with Crippen molar-refractivity contribution in [2.75, 3.05) is 26.2 Å². The van der Waals surface area contributed by atoms with Crippen molar-refractivity contribution in [1.82, 2.24) is 14.8 Å². The van der Waals surface area contributed by atoms with Crippen LogP contribution in [0.15, 0.2) is 18.3 Å². The Kier molecular flexibility index (Phi) is 3.83. The van der Waals surface area contributed by atoms with E-state index in [2.05, 4.69) is 20.9 Å². The summed E-state index contributed by atoms with van der Waals surface area (Å²) >= 11 is 5.82. The largest absolute Gasteiger partial charge is 0.299 e. The number of rotatable bonds is 2. The van der Waals surface area contributed by atoms with Gasteiger partial charge in [-0.05, 0) is 50.5 Å². The third kappa shape index (κ3) is 2.85. The Balaban J connectivity index is 1.63. The Morgan fingerprint density at radius 3 is 2.94 bits per heavy atom. The van der Waals surface area contributed by atoms with E-state index in [1.165, 1.54) is 51.0 Å². The molecule has 1 aromatic rings. The Morgan fingerprint density at radius 2 is 2.11 bits per heavy atom. The van der Waals surface area contributed by atoms with Crippen molar-refractivity contribution in [3.05, 3.63) is 29.0 Å². The Bertz CT molecular complexity index is 393. The minimum atomic E-state index is 0.580. The number of halogens is 1. The zero-order valence-electron chi connectivity index (χ0n) is 10.7. The number of aromatic nitrogens is 1. The molecule has 2 aliphatic heterocycles. The zero-order valence-corrected chi connectivity index (χ0v) is 11.4. The Labute approximate surface area is 114 Å². The van der Waals surface area contributed by atoms with E-state index < -0.39 is 0 Å². The molecule has 0 bridgehead atoms. The topological polar surface area (TPSA) is 19.4 Å². The SMILES string of the molecule is Clc1ccc(CN2CCCN3CCCC3C2)cn1. The van der Waals surface area contributed by atoms with E-state index >= 15 is 0 Å². The third-order valence-electron chi connectivity index (χ3n) is 4.08. The van der Waals surface area contributed by atoms with Crippen molar-refractivity contribution >= 4 is 11.6 Å². The van der Waals surface area contributed by atoms with Gasteiger partial charge >= 0.3 is 0 Å². The van der Waals surface area contributed by atoms with E-state index in [0.29, 0.717) is 5.15 Å². The molecular weight excluding hydrogens is 246 g/mol. The Hall–Kier alpha value is -0.640. The molecule has 0 N–H and O–H groups in total. The van der Waals surface area contributed by atoms with Crippen LogP contribution < -0.4 is 0 Å². The molecule has 3 rings (SSSR count). The van der Waals surface area contributed by atoms with Crippen LogP contribution in [-0.2, 0) is 6.54 Å². The summed E-state index contributed by atoms with van der Waals surface area (Å²) in [5, 5.41) is 0.580. The summed E-state index contributed by atoms with van der Waals surface area (Å²) in [4.78, 5) is 9.40. The molecule has 0 radical (unpaired) electrons. The Morgan fingerprint density at radius 1 is 1.22 bits per heavy atom. The van der Waals surface area contributed by atoms with Gasteiger partial charge in [0.1, 0.15) is 5.15 Å². The van der Waals surface area contributed by atoms with Crippen LogP contribution in [0.5, 0.6) is 0 Å². The summed E-state index contributed by atoms with van der Waals surface area (Å²) in [6.45, 7) is 6.01. The monoisotopic (exact) mass is 265 g/mol. The quantitative estimate of drug-likeness (QED) is 0.766. The van der Waals surface area contributed by atoms with Crippen LogP contribution in [0.2, 0.25) is 5.15 Å². The molecule has 4 heteroatoms. The lowest BCUT2D eigenvalue weighted by Crippen LogP contribution is -2.36. The molecule has 1 unspecified atom stereocenters. The van der Waals surface area contributed by atoms with Crippen molar-refractivity contribution in [1.29, 1.82) is 0 Å². The van der Waals surface area contributed by atoms with E-state index in [1.54, 1.807) is 0 Å². The van der Waals surface area contributed by atoms with Gasteiger partial charge in [-0.25, -0.2) is 4.98 Å². The van der Waals surface area contributed by atoms with Crippen LogP contribution >= 0.6 is 11.6 Å². The average molecular weight is 266 g/mol. The van der Waals surface area contributed by atoms with Gasteiger partial charge in [0.25, 0.3) is 0 Å². The smallest absolute Gasteiger partial charge is 0.129 e. The van der Waals surface area contributed by atoms with Gasteiger partial charge in [-0.3, -0.25) is 9.80 Å². The van der Waals surface area contributed by atoms with E-state index in [0.717, 1.165) is 12.6 Å². The molecule has 2 fully saturated rings. The number of pyridine rings is 1. The fraction of sp³-hybridized carbons (Fsp3) is 0.643. The second-order valence-corrected chi connectivity index (χ2v) is 5.80. The van der Waals surface area contributed by atoms with Crippen LogP contribution in [0.25, 0.3) is 0 Å². The molecule has 0 aromatic carbocycles. The van der Waals surface area contributed by atoms with E-state index in [4.69, 9.17) is 11.6 Å². The number of hydrogen-bond acceptors (Lipinski definition) is 3. The highest BCUT2D eigenvalue weighted by molar-refractivity contribution is 6.29. The highest BCUT2D eigenvalue weighted by atomic mass is 35.5. The molecule has 0 spiro atoms. The second-order valence-electron chi connectivity index (χ2n) is 5.41. The third-order valence-corrected chi connectivity index (χ3v) is 4.31. The van der Waals surface area contributed by atoms with Gasteiger partial charge in [0.05, 0.1) is 0 Å². The van der Waals surface area contributed by atoms with Gasteiger partial charge in [0.15, 0.2) is 0 Å². The molecule has 98 valence electrons. The summed E-state index contributed by atoms with van der Waals surface area (Å²) in [5.74, 6) is 0. The molecule has 18 heavy (non-hydrogen) atoms. The molecule has 3 nitrogen and oxygen atoms in total. The van der Waals surface area contributed by atoms with Gasteiger partial charge in [0.2, 0.25) is 0 Å². The predicted molar refractivity (Wildman–Crippen MR) is 73.7 cm³/mol. The minimum Gasteiger partial charge on any atom is -0.299 e. The van der Waals surface area contributed by atoms with Crippen molar-refractivity contribution in [2.45, 2.75) is 31.8 Å². The molecular formula is C14H20ClN3. The standard InChI is InChI=1S/C14H20ClN3/c15-14-5-4-12(9-16-14)10-17-6-2-8-18-7-1-3-13(18)11-17/h4-5,9,13H,1-3,6-8,10-11H2. The molecule has 3 heterocycles. The van der Waals surface area contributed by atoms with E-state index in [-0.39, 0.29) is 0 Å². The van der Waals surface area contributed by atoms with Gasteiger partial charge in [-0.2, -0.15) is 0 Å². The average Bonchev–Trinajstić information content (AvgIpc) is 2.71. The van der Waals surface area contributed by atoms with Crippen LogP contribution in [-0.4, -0.2) is 47.0 Å². The summed E-state index contributed by atoms with van der Waals surface area (Å²) < 4.78 is 0. The lowest BCUT2D eigenvalue weighted by atomic mass is 10.2. The summed E-state index contributed by atoms with van der Waals surface area (Å²) in [6, 6.07) is 4.76. The van der Waals surface area contributed by atoms with Crippen LogP contribution in [0.4, 0.5) is 0 Å². The molecule has 1 atom stereocenters. The molecule has 1 aromatic heterocycles. The first kappa shape index (κ1) is 12.4. The van der Waals surface area contributed by atoms with Crippen molar-refractivity contribution in [2.24, 2.45) is 0 Å². The van der Waals surface area contributed by atoms with Crippen molar-refractivity contribution < 1.29 is 0 Å². The molecule has 2 aliphatic rings. The lowest BCUT2D eigenvalue weighted by molar-refractivity contribution is 0.215. The predicted octanol–water partition coefficient (Wildman–Crippen LogP) is 2.41. The lowest BCUT2D eigenvalue weighted by Gasteiger charge is -2.25. The minimum absolute atomic E-state index is 0.580. The maximum atomic E-state index is 5.82. The van der Waals surface area contributed by atoms with Crippen molar-refractivity contribution in [3.63, 3.8) is 0 Å². The first-order valence-corrected chi connectivity index (χ1v) is 7.26. The van der Waals surface area contributed by atoms with Gasteiger partial charge in [-0.1, -0.05) is 17.7 Å². The number of hydrogen-bond donors (Lipinski definition) is 0. The first-order valence-electron chi connectivity index (χ1n) is 6.88. The molecule has 0 amide bonds. The second kappa shape index (κ2) is 5.55. The normalized spacial score (nSPS) is 25.9. The van der Waals surface area contributed by atoms with Crippen molar-refractivity contribution in [3.8, 4) is 0 Å². The number of fused-ring (bicyclic) bond motifs is 1. The first-order chi connectivity index (χ1) is 8.81. The highest BCUT2D eigenvalue weighted by Gasteiger charge is 2.28. The molecule has 2 saturated heterocycles. The maximum Gasteiger partial charge on any atom is 0.129 e. The summed E-state index contributed by atoms with van der Waals surface area (Å²) in [7, 11) is 0. The van der Waals surface area contributed by atoms with E-state index in [1.807, 2.05) is 12.3 Å². The highest BCUT2D eigenvalue weighted by Crippen LogP contribution is 2.22. The van der Waals surface area contributed by atoms with Crippen LogP contribution in [0.3, 0.4) is 0 Å². The van der Waals surface area contributed by atoms with Crippen LogP contribution in [0.1, 0.15) is 24.8 Å². The maximum absolute atomic E-state index is 5.82. The molecule has 0 saturated carbocycles. The summed E-state index contributed by atoms with van der Waals surface area (Å²) in [6.07, 6.45) is 5.94. The number of nitrogens with zero attached hydrogens (tertiary/aromatic N) is 3. The van der Waals surface area contributed by atoms with Gasteiger partial charge < -0.3 is 0 Å². The van der Waals surface area contributed by atoms with E-state index in [9.17, 15) is 0 Å².